The minimum absolute atomic E-state index is 0.416. The predicted octanol–water partition coefficient (Wildman–Crippen LogP) is 2.18. The fourth-order valence-corrected chi connectivity index (χ4v) is 2.62. The van der Waals surface area contributed by atoms with Crippen molar-refractivity contribution in [2.75, 3.05) is 0 Å². The molecule has 0 aromatic heterocycles. The summed E-state index contributed by atoms with van der Waals surface area (Å²) in [5.41, 5.74) is 5.35. The third-order valence-electron chi connectivity index (χ3n) is 3.31. The molecule has 1 nitrogen and oxygen atoms in total. The van der Waals surface area contributed by atoms with E-state index in [1.807, 2.05) is 0 Å². The summed E-state index contributed by atoms with van der Waals surface area (Å²) in [5, 5.41) is 0. The number of alkyl halides is 2. The lowest BCUT2D eigenvalue weighted by atomic mass is 9.88. The lowest BCUT2D eigenvalue weighted by molar-refractivity contribution is 0.101. The van der Waals surface area contributed by atoms with Crippen molar-refractivity contribution in [3.05, 3.63) is 12.2 Å². The van der Waals surface area contributed by atoms with Crippen LogP contribution in [0.1, 0.15) is 19.3 Å². The summed E-state index contributed by atoms with van der Waals surface area (Å²) in [7, 11) is 0. The molecular weight excluding hydrogens is 172 g/mol. The van der Waals surface area contributed by atoms with Gasteiger partial charge in [0.1, 0.15) is 0 Å². The van der Waals surface area contributed by atoms with Gasteiger partial charge in [0.05, 0.1) is 6.04 Å². The highest BCUT2D eigenvalue weighted by Crippen LogP contribution is 2.45. The molecule has 0 heterocycles. The molecule has 0 aromatic rings. The summed E-state index contributed by atoms with van der Waals surface area (Å²) in [6.07, 6.45) is 4.76. The number of allylic oxidation sites excluding steroid dienone is 2. The van der Waals surface area contributed by atoms with Crippen molar-refractivity contribution < 1.29 is 8.78 Å². The minimum Gasteiger partial charge on any atom is -0.323 e. The first-order valence-corrected chi connectivity index (χ1v) is 4.89. The van der Waals surface area contributed by atoms with Gasteiger partial charge >= 0.3 is 0 Å². The van der Waals surface area contributed by atoms with Crippen molar-refractivity contribution in [2.45, 2.75) is 31.7 Å². The Balaban J connectivity index is 1.87. The van der Waals surface area contributed by atoms with E-state index in [2.05, 4.69) is 12.2 Å². The van der Waals surface area contributed by atoms with E-state index >= 15 is 0 Å². The molecule has 13 heavy (non-hydrogen) atoms. The largest absolute Gasteiger partial charge is 0.323 e. The Hall–Kier alpha value is -0.440. The fraction of sp³-hybridized carbons (Fsp3) is 0.800. The highest BCUT2D eigenvalue weighted by molar-refractivity contribution is 5.10. The van der Waals surface area contributed by atoms with E-state index < -0.39 is 12.5 Å². The average molecular weight is 187 g/mol. The van der Waals surface area contributed by atoms with E-state index in [9.17, 15) is 8.78 Å². The van der Waals surface area contributed by atoms with Crippen molar-refractivity contribution in [2.24, 2.45) is 23.5 Å². The number of rotatable bonds is 3. The third kappa shape index (κ3) is 1.75. The van der Waals surface area contributed by atoms with Crippen molar-refractivity contribution in [3.63, 3.8) is 0 Å². The molecule has 0 saturated heterocycles. The lowest BCUT2D eigenvalue weighted by Crippen LogP contribution is -2.32. The molecule has 2 aliphatic rings. The van der Waals surface area contributed by atoms with Crippen LogP contribution in [0.15, 0.2) is 12.2 Å². The molecule has 1 fully saturated rings. The first-order valence-electron chi connectivity index (χ1n) is 4.89. The van der Waals surface area contributed by atoms with Gasteiger partial charge in [-0.15, -0.1) is 0 Å². The molecule has 2 rings (SSSR count). The minimum atomic E-state index is -2.36. The maximum Gasteiger partial charge on any atom is 0.253 e. The monoisotopic (exact) mass is 187 g/mol. The second-order valence-corrected chi connectivity index (χ2v) is 4.27. The molecule has 2 bridgehead atoms. The molecule has 2 aliphatic carbocycles. The summed E-state index contributed by atoms with van der Waals surface area (Å²) in [4.78, 5) is 0. The highest BCUT2D eigenvalue weighted by Gasteiger charge is 2.37. The predicted molar refractivity (Wildman–Crippen MR) is 47.4 cm³/mol. The molecule has 0 aliphatic heterocycles. The maximum absolute atomic E-state index is 12.2. The molecule has 74 valence electrons. The van der Waals surface area contributed by atoms with Crippen molar-refractivity contribution in [1.29, 1.82) is 0 Å². The summed E-state index contributed by atoms with van der Waals surface area (Å²) in [5.74, 6) is 1.61. The number of hydrogen-bond acceptors (Lipinski definition) is 1. The van der Waals surface area contributed by atoms with Crippen LogP contribution in [0, 0.1) is 17.8 Å². The van der Waals surface area contributed by atoms with Crippen molar-refractivity contribution in [3.8, 4) is 0 Å². The van der Waals surface area contributed by atoms with Crippen molar-refractivity contribution in [1.82, 2.24) is 0 Å². The average Bonchev–Trinajstić information content (AvgIpc) is 2.64. The normalized spacial score (nSPS) is 38.9. The van der Waals surface area contributed by atoms with E-state index in [-0.39, 0.29) is 0 Å². The third-order valence-corrected chi connectivity index (χ3v) is 3.31. The molecule has 4 unspecified atom stereocenters. The van der Waals surface area contributed by atoms with E-state index in [0.717, 1.165) is 6.42 Å². The van der Waals surface area contributed by atoms with Gasteiger partial charge in [0.25, 0.3) is 6.43 Å². The van der Waals surface area contributed by atoms with E-state index in [0.29, 0.717) is 24.2 Å². The summed E-state index contributed by atoms with van der Waals surface area (Å²) in [6.45, 7) is 0. The molecule has 0 aromatic carbocycles. The molecule has 4 atom stereocenters. The second-order valence-electron chi connectivity index (χ2n) is 4.27. The molecule has 0 amide bonds. The van der Waals surface area contributed by atoms with Crippen molar-refractivity contribution >= 4 is 0 Å². The van der Waals surface area contributed by atoms with Gasteiger partial charge in [-0.25, -0.2) is 8.78 Å². The van der Waals surface area contributed by atoms with Crippen LogP contribution < -0.4 is 5.73 Å². The van der Waals surface area contributed by atoms with Gasteiger partial charge in [0.2, 0.25) is 0 Å². The SMILES string of the molecule is NC(CC1CC2C=CC1C2)C(F)F. The Morgan fingerprint density at radius 1 is 1.31 bits per heavy atom. The van der Waals surface area contributed by atoms with Gasteiger partial charge < -0.3 is 5.73 Å². The Bertz CT molecular complexity index is 215. The summed E-state index contributed by atoms with van der Waals surface area (Å²) >= 11 is 0. The van der Waals surface area contributed by atoms with E-state index in [1.54, 1.807) is 0 Å². The van der Waals surface area contributed by atoms with E-state index in [1.165, 1.54) is 6.42 Å². The zero-order valence-corrected chi connectivity index (χ0v) is 7.50. The van der Waals surface area contributed by atoms with Crippen LogP contribution in [-0.4, -0.2) is 12.5 Å². The van der Waals surface area contributed by atoms with Gasteiger partial charge in [-0.05, 0) is 37.0 Å². The number of halogens is 2. The lowest BCUT2D eigenvalue weighted by Gasteiger charge is -2.21. The first kappa shape index (κ1) is 9.13. The smallest absolute Gasteiger partial charge is 0.253 e. The van der Waals surface area contributed by atoms with Gasteiger partial charge in [-0.2, -0.15) is 0 Å². The molecule has 1 saturated carbocycles. The quantitative estimate of drug-likeness (QED) is 0.673. The molecule has 2 N–H and O–H groups in total. The standard InChI is InChI=1S/C10H15F2N/c11-10(12)9(13)5-8-4-6-1-2-7(8)3-6/h1-2,6-10H,3-5,13H2. The van der Waals surface area contributed by atoms with Gasteiger partial charge in [-0.3, -0.25) is 0 Å². The summed E-state index contributed by atoms with van der Waals surface area (Å²) < 4.78 is 24.4. The van der Waals surface area contributed by atoms with E-state index in [4.69, 9.17) is 5.73 Å². The van der Waals surface area contributed by atoms with Gasteiger partial charge in [0, 0.05) is 0 Å². The zero-order chi connectivity index (χ0) is 9.42. The Morgan fingerprint density at radius 3 is 2.54 bits per heavy atom. The Morgan fingerprint density at radius 2 is 2.08 bits per heavy atom. The molecular formula is C10H15F2N. The second kappa shape index (κ2) is 3.37. The topological polar surface area (TPSA) is 26.0 Å². The Labute approximate surface area is 77.0 Å². The zero-order valence-electron chi connectivity index (χ0n) is 7.50. The number of hydrogen-bond donors (Lipinski definition) is 1. The number of fused-ring (bicyclic) bond motifs is 2. The van der Waals surface area contributed by atoms with Crippen LogP contribution in [-0.2, 0) is 0 Å². The van der Waals surface area contributed by atoms with Gasteiger partial charge in [-0.1, -0.05) is 12.2 Å². The van der Waals surface area contributed by atoms with Crippen LogP contribution >= 0.6 is 0 Å². The Kier molecular flexibility index (Phi) is 2.37. The van der Waals surface area contributed by atoms with Gasteiger partial charge in [0.15, 0.2) is 0 Å². The van der Waals surface area contributed by atoms with Crippen LogP contribution in [0.4, 0.5) is 8.78 Å². The molecule has 0 spiro atoms. The van der Waals surface area contributed by atoms with Crippen LogP contribution in [0.3, 0.4) is 0 Å². The molecule has 0 radical (unpaired) electrons. The fourth-order valence-electron chi connectivity index (χ4n) is 2.62. The molecule has 3 heteroatoms. The summed E-state index contributed by atoms with van der Waals surface area (Å²) in [6, 6.07) is -0.919. The number of nitrogens with two attached hydrogens (primary N) is 1. The maximum atomic E-state index is 12.2. The van der Waals surface area contributed by atoms with Crippen LogP contribution in [0.2, 0.25) is 0 Å². The van der Waals surface area contributed by atoms with Crippen LogP contribution in [0.5, 0.6) is 0 Å². The first-order chi connectivity index (χ1) is 6.16. The van der Waals surface area contributed by atoms with Crippen LogP contribution in [0.25, 0.3) is 0 Å². The highest BCUT2D eigenvalue weighted by atomic mass is 19.3.